The number of phenols is 1. The molecule has 0 bridgehead atoms. The van der Waals surface area contributed by atoms with E-state index in [-0.39, 0.29) is 5.75 Å². The molecule has 5 heteroatoms. The highest BCUT2D eigenvalue weighted by Gasteiger charge is 2.21. The van der Waals surface area contributed by atoms with Crippen molar-refractivity contribution in [2.24, 2.45) is 5.73 Å². The van der Waals surface area contributed by atoms with Crippen LogP contribution >= 0.6 is 11.6 Å². The maximum Gasteiger partial charge on any atom is 0.166 e. The first kappa shape index (κ1) is 11.4. The Balaban J connectivity index is 2.41. The zero-order valence-corrected chi connectivity index (χ0v) is 9.59. The van der Waals surface area contributed by atoms with Gasteiger partial charge in [-0.2, -0.15) is 0 Å². The van der Waals surface area contributed by atoms with E-state index in [2.05, 4.69) is 0 Å². The van der Waals surface area contributed by atoms with E-state index in [0.29, 0.717) is 42.7 Å². The average Bonchev–Trinajstić information content (AvgIpc) is 2.30. The molecule has 1 aliphatic rings. The van der Waals surface area contributed by atoms with Gasteiger partial charge < -0.3 is 20.3 Å². The van der Waals surface area contributed by atoms with E-state index in [4.69, 9.17) is 26.8 Å². The minimum absolute atomic E-state index is 0.0259. The maximum absolute atomic E-state index is 9.66. The quantitative estimate of drug-likeness (QED) is 0.848. The van der Waals surface area contributed by atoms with Gasteiger partial charge in [0.05, 0.1) is 5.02 Å². The molecular weight excluding hydrogens is 230 g/mol. The van der Waals surface area contributed by atoms with Gasteiger partial charge in [0, 0.05) is 11.6 Å². The summed E-state index contributed by atoms with van der Waals surface area (Å²) in [6.45, 7) is 1.57. The predicted octanol–water partition coefficient (Wildman–Crippen LogP) is 1.71. The van der Waals surface area contributed by atoms with Crippen molar-refractivity contribution in [1.29, 1.82) is 0 Å². The second kappa shape index (κ2) is 4.80. The van der Waals surface area contributed by atoms with Crippen LogP contribution in [0.5, 0.6) is 17.2 Å². The third-order valence-corrected chi connectivity index (χ3v) is 2.90. The van der Waals surface area contributed by atoms with Crippen molar-refractivity contribution in [3.63, 3.8) is 0 Å². The molecule has 0 atom stereocenters. The van der Waals surface area contributed by atoms with Gasteiger partial charge in [-0.3, -0.25) is 0 Å². The summed E-state index contributed by atoms with van der Waals surface area (Å²) in [4.78, 5) is 0. The first-order valence-electron chi connectivity index (χ1n) is 5.24. The lowest BCUT2D eigenvalue weighted by molar-refractivity contribution is 0.169. The maximum atomic E-state index is 9.66. The highest BCUT2D eigenvalue weighted by molar-refractivity contribution is 6.33. The lowest BCUT2D eigenvalue weighted by Crippen LogP contribution is -2.17. The van der Waals surface area contributed by atoms with Crippen LogP contribution in [0.3, 0.4) is 0 Å². The van der Waals surface area contributed by atoms with E-state index < -0.39 is 0 Å². The molecule has 0 spiro atoms. The molecule has 1 heterocycles. The Bertz CT molecular complexity index is 395. The van der Waals surface area contributed by atoms with Crippen LogP contribution in [0, 0.1) is 0 Å². The lowest BCUT2D eigenvalue weighted by atomic mass is 10.1. The largest absolute Gasteiger partial charge is 0.506 e. The summed E-state index contributed by atoms with van der Waals surface area (Å²) in [6, 6.07) is 1.49. The monoisotopic (exact) mass is 243 g/mol. The summed E-state index contributed by atoms with van der Waals surface area (Å²) >= 11 is 6.04. The van der Waals surface area contributed by atoms with Gasteiger partial charge in [0.15, 0.2) is 11.5 Å². The lowest BCUT2D eigenvalue weighted by Gasteiger charge is -2.22. The molecule has 2 rings (SSSR count). The van der Waals surface area contributed by atoms with Gasteiger partial charge >= 0.3 is 0 Å². The first-order chi connectivity index (χ1) is 7.74. The van der Waals surface area contributed by atoms with E-state index in [1.54, 1.807) is 0 Å². The number of ether oxygens (including phenoxy) is 2. The molecule has 1 aromatic carbocycles. The minimum Gasteiger partial charge on any atom is -0.506 e. The van der Waals surface area contributed by atoms with Crippen LogP contribution < -0.4 is 15.2 Å². The van der Waals surface area contributed by atoms with Crippen LogP contribution in [0.4, 0.5) is 0 Å². The topological polar surface area (TPSA) is 64.7 Å². The summed E-state index contributed by atoms with van der Waals surface area (Å²) in [7, 11) is 0. The fraction of sp³-hybridized carbons (Fsp3) is 0.455. The van der Waals surface area contributed by atoms with E-state index in [1.165, 1.54) is 6.07 Å². The van der Waals surface area contributed by atoms with Crippen molar-refractivity contribution >= 4 is 11.6 Å². The fourth-order valence-corrected chi connectivity index (χ4v) is 1.95. The molecule has 0 saturated carbocycles. The molecular formula is C11H14ClNO3. The highest BCUT2D eigenvalue weighted by Crippen LogP contribution is 2.43. The molecule has 88 valence electrons. The molecule has 16 heavy (non-hydrogen) atoms. The Morgan fingerprint density at radius 1 is 1.38 bits per heavy atom. The molecule has 0 radical (unpaired) electrons. The molecule has 0 aromatic heterocycles. The zero-order valence-electron chi connectivity index (χ0n) is 8.83. The summed E-state index contributed by atoms with van der Waals surface area (Å²) in [6.07, 6.45) is 1.47. The van der Waals surface area contributed by atoms with Crippen molar-refractivity contribution in [3.05, 3.63) is 16.7 Å². The number of rotatable bonds is 3. The molecule has 0 unspecified atom stereocenters. The smallest absolute Gasteiger partial charge is 0.166 e. The summed E-state index contributed by atoms with van der Waals surface area (Å²) in [5.74, 6) is 1.22. The summed E-state index contributed by atoms with van der Waals surface area (Å²) in [5, 5.41) is 9.99. The Hall–Kier alpha value is -1.13. The van der Waals surface area contributed by atoms with Crippen LogP contribution in [-0.2, 0) is 6.42 Å². The Labute approximate surface area is 98.9 Å². The van der Waals surface area contributed by atoms with Crippen LogP contribution in [0.25, 0.3) is 0 Å². The van der Waals surface area contributed by atoms with Crippen LogP contribution in [0.2, 0.25) is 5.02 Å². The first-order valence-corrected chi connectivity index (χ1v) is 5.62. The predicted molar refractivity (Wildman–Crippen MR) is 61.5 cm³/mol. The SMILES string of the molecule is NCCCc1c(Cl)c(O)cc2c1OCCO2. The number of nitrogens with two attached hydrogens (primary N) is 1. The van der Waals surface area contributed by atoms with E-state index in [1.807, 2.05) is 0 Å². The van der Waals surface area contributed by atoms with Crippen molar-refractivity contribution in [1.82, 2.24) is 0 Å². The fourth-order valence-electron chi connectivity index (χ4n) is 1.72. The van der Waals surface area contributed by atoms with Crippen molar-refractivity contribution < 1.29 is 14.6 Å². The number of fused-ring (bicyclic) bond motifs is 1. The van der Waals surface area contributed by atoms with Crippen molar-refractivity contribution in [2.75, 3.05) is 19.8 Å². The number of benzene rings is 1. The molecule has 0 fully saturated rings. The third-order valence-electron chi connectivity index (χ3n) is 2.47. The van der Waals surface area contributed by atoms with Gasteiger partial charge in [-0.15, -0.1) is 0 Å². The summed E-state index contributed by atoms with van der Waals surface area (Å²) in [5.41, 5.74) is 6.24. The van der Waals surface area contributed by atoms with E-state index in [9.17, 15) is 5.11 Å². The number of hydrogen-bond acceptors (Lipinski definition) is 4. The second-order valence-corrected chi connectivity index (χ2v) is 3.98. The number of phenolic OH excluding ortho intramolecular Hbond substituents is 1. The third kappa shape index (κ3) is 2.03. The number of aromatic hydroxyl groups is 1. The molecule has 4 nitrogen and oxygen atoms in total. The number of hydrogen-bond donors (Lipinski definition) is 2. The number of halogens is 1. The van der Waals surface area contributed by atoms with Crippen LogP contribution in [0.1, 0.15) is 12.0 Å². The van der Waals surface area contributed by atoms with Crippen LogP contribution in [-0.4, -0.2) is 24.9 Å². The van der Waals surface area contributed by atoms with Gasteiger partial charge in [-0.05, 0) is 19.4 Å². The van der Waals surface area contributed by atoms with Gasteiger partial charge in [0.2, 0.25) is 0 Å². The molecule has 1 aromatic rings. The van der Waals surface area contributed by atoms with Gasteiger partial charge in [0.1, 0.15) is 19.0 Å². The van der Waals surface area contributed by atoms with E-state index >= 15 is 0 Å². The Morgan fingerprint density at radius 3 is 2.88 bits per heavy atom. The average molecular weight is 244 g/mol. The molecule has 0 saturated heterocycles. The van der Waals surface area contributed by atoms with E-state index in [0.717, 1.165) is 12.0 Å². The standard InChI is InChI=1S/C11H14ClNO3/c12-10-7(2-1-3-13)11-9(6-8(10)14)15-4-5-16-11/h6,14H,1-5,13H2. The van der Waals surface area contributed by atoms with Crippen molar-refractivity contribution in [2.45, 2.75) is 12.8 Å². The van der Waals surface area contributed by atoms with Gasteiger partial charge in [0.25, 0.3) is 0 Å². The molecule has 1 aliphatic heterocycles. The highest BCUT2D eigenvalue weighted by atomic mass is 35.5. The molecule has 0 amide bonds. The van der Waals surface area contributed by atoms with Gasteiger partial charge in [-0.25, -0.2) is 0 Å². The summed E-state index contributed by atoms with van der Waals surface area (Å²) < 4.78 is 10.9. The Morgan fingerprint density at radius 2 is 2.12 bits per heavy atom. The normalized spacial score (nSPS) is 13.9. The molecule has 3 N–H and O–H groups in total. The van der Waals surface area contributed by atoms with Crippen molar-refractivity contribution in [3.8, 4) is 17.2 Å². The minimum atomic E-state index is 0.0259. The van der Waals surface area contributed by atoms with Gasteiger partial charge in [-0.1, -0.05) is 11.6 Å². The Kier molecular flexibility index (Phi) is 3.41. The molecule has 0 aliphatic carbocycles. The zero-order chi connectivity index (χ0) is 11.5. The second-order valence-electron chi connectivity index (χ2n) is 3.60. The van der Waals surface area contributed by atoms with Crippen LogP contribution in [0.15, 0.2) is 6.07 Å².